The number of benzene rings is 2. The van der Waals surface area contributed by atoms with Crippen LogP contribution in [0.5, 0.6) is 0 Å². The number of hydrogen-bond acceptors (Lipinski definition) is 1. The van der Waals surface area contributed by atoms with Crippen molar-refractivity contribution in [3.63, 3.8) is 0 Å². The Kier molecular flexibility index (Phi) is 3.34. The summed E-state index contributed by atoms with van der Waals surface area (Å²) in [5, 5.41) is 2.98. The summed E-state index contributed by atoms with van der Waals surface area (Å²) in [6.07, 6.45) is 1.43. The van der Waals surface area contributed by atoms with Gasteiger partial charge in [0.15, 0.2) is 5.82 Å². The summed E-state index contributed by atoms with van der Waals surface area (Å²) in [5.41, 5.74) is 1.91. The largest absolute Gasteiger partial charge is 0.375 e. The van der Waals surface area contributed by atoms with Gasteiger partial charge in [0.05, 0.1) is 16.8 Å². The van der Waals surface area contributed by atoms with E-state index >= 15 is 0 Å². The second kappa shape index (κ2) is 5.02. The van der Waals surface area contributed by atoms with Crippen LogP contribution in [0.15, 0.2) is 30.3 Å². The SMILES string of the molecule is Fc1cc(F)c(NC2CCc3cc(F)ccc32)c(Cl)c1. The van der Waals surface area contributed by atoms with E-state index in [1.54, 1.807) is 6.07 Å². The minimum absolute atomic E-state index is 0.00179. The quantitative estimate of drug-likeness (QED) is 0.835. The van der Waals surface area contributed by atoms with Gasteiger partial charge in [-0.25, -0.2) is 13.2 Å². The predicted molar refractivity (Wildman–Crippen MR) is 72.5 cm³/mol. The number of rotatable bonds is 2. The summed E-state index contributed by atoms with van der Waals surface area (Å²) in [4.78, 5) is 0. The Labute approximate surface area is 119 Å². The van der Waals surface area contributed by atoms with Crippen molar-refractivity contribution in [3.8, 4) is 0 Å². The van der Waals surface area contributed by atoms with Gasteiger partial charge in [0.2, 0.25) is 0 Å². The second-order valence-electron chi connectivity index (χ2n) is 4.82. The molecule has 5 heteroatoms. The summed E-state index contributed by atoms with van der Waals surface area (Å²) in [6, 6.07) is 6.25. The van der Waals surface area contributed by atoms with Crippen molar-refractivity contribution in [1.29, 1.82) is 0 Å². The van der Waals surface area contributed by atoms with Crippen molar-refractivity contribution in [1.82, 2.24) is 0 Å². The summed E-state index contributed by atoms with van der Waals surface area (Å²) >= 11 is 5.86. The first-order valence-corrected chi connectivity index (χ1v) is 6.62. The first-order valence-electron chi connectivity index (χ1n) is 6.24. The van der Waals surface area contributed by atoms with Crippen molar-refractivity contribution >= 4 is 17.3 Å². The average molecular weight is 298 g/mol. The number of anilines is 1. The second-order valence-corrected chi connectivity index (χ2v) is 5.23. The molecule has 1 aliphatic rings. The van der Waals surface area contributed by atoms with E-state index in [1.165, 1.54) is 12.1 Å². The van der Waals surface area contributed by atoms with Crippen molar-refractivity contribution in [3.05, 3.63) is 63.9 Å². The van der Waals surface area contributed by atoms with E-state index < -0.39 is 11.6 Å². The molecular weight excluding hydrogens is 287 g/mol. The van der Waals surface area contributed by atoms with Gasteiger partial charge in [-0.05, 0) is 42.2 Å². The highest BCUT2D eigenvalue weighted by Gasteiger charge is 2.24. The Morgan fingerprint density at radius 2 is 1.85 bits per heavy atom. The van der Waals surface area contributed by atoms with Crippen LogP contribution in [0.2, 0.25) is 5.02 Å². The number of nitrogens with one attached hydrogen (secondary N) is 1. The number of halogens is 4. The van der Waals surface area contributed by atoms with Gasteiger partial charge in [0.25, 0.3) is 0 Å². The lowest BCUT2D eigenvalue weighted by Gasteiger charge is -2.17. The van der Waals surface area contributed by atoms with Crippen LogP contribution >= 0.6 is 11.6 Å². The lowest BCUT2D eigenvalue weighted by molar-refractivity contribution is 0.583. The molecule has 104 valence electrons. The van der Waals surface area contributed by atoms with Crippen LogP contribution in [-0.2, 0) is 6.42 Å². The lowest BCUT2D eigenvalue weighted by Crippen LogP contribution is -2.09. The maximum absolute atomic E-state index is 13.8. The first kappa shape index (κ1) is 13.3. The van der Waals surface area contributed by atoms with Crippen LogP contribution in [-0.4, -0.2) is 0 Å². The maximum atomic E-state index is 13.8. The summed E-state index contributed by atoms with van der Waals surface area (Å²) < 4.78 is 39.9. The van der Waals surface area contributed by atoms with E-state index in [-0.39, 0.29) is 22.6 Å². The molecule has 20 heavy (non-hydrogen) atoms. The third-order valence-electron chi connectivity index (χ3n) is 3.51. The molecule has 1 nitrogen and oxygen atoms in total. The molecule has 0 saturated heterocycles. The van der Waals surface area contributed by atoms with E-state index in [0.717, 1.165) is 23.3 Å². The van der Waals surface area contributed by atoms with Crippen molar-refractivity contribution in [2.75, 3.05) is 5.32 Å². The van der Waals surface area contributed by atoms with Gasteiger partial charge in [0, 0.05) is 6.07 Å². The molecule has 0 aromatic heterocycles. The number of hydrogen-bond donors (Lipinski definition) is 1. The highest BCUT2D eigenvalue weighted by Crippen LogP contribution is 2.37. The fourth-order valence-electron chi connectivity index (χ4n) is 2.59. The van der Waals surface area contributed by atoms with Gasteiger partial charge >= 0.3 is 0 Å². The standard InChI is InChI=1S/C15H11ClF3N/c16-12-6-10(18)7-13(19)15(12)20-14-4-1-8-5-9(17)2-3-11(8)14/h2-3,5-7,14,20H,1,4H2. The average Bonchev–Trinajstić information content (AvgIpc) is 2.76. The van der Waals surface area contributed by atoms with Gasteiger partial charge in [-0.1, -0.05) is 17.7 Å². The molecule has 0 spiro atoms. The third kappa shape index (κ3) is 2.36. The van der Waals surface area contributed by atoms with E-state index in [0.29, 0.717) is 12.8 Å². The fourth-order valence-corrected chi connectivity index (χ4v) is 2.84. The molecule has 0 bridgehead atoms. The molecule has 0 heterocycles. The smallest absolute Gasteiger partial charge is 0.150 e. The molecule has 0 saturated carbocycles. The third-order valence-corrected chi connectivity index (χ3v) is 3.81. The van der Waals surface area contributed by atoms with Gasteiger partial charge in [-0.2, -0.15) is 0 Å². The fraction of sp³-hybridized carbons (Fsp3) is 0.200. The molecule has 2 aromatic rings. The molecule has 3 rings (SSSR count). The highest BCUT2D eigenvalue weighted by atomic mass is 35.5. The van der Waals surface area contributed by atoms with Crippen molar-refractivity contribution in [2.24, 2.45) is 0 Å². The van der Waals surface area contributed by atoms with Gasteiger partial charge in [-0.3, -0.25) is 0 Å². The van der Waals surface area contributed by atoms with E-state index in [1.807, 2.05) is 0 Å². The molecule has 1 N–H and O–H groups in total. The predicted octanol–water partition coefficient (Wildman–Crippen LogP) is 4.86. The summed E-state index contributed by atoms with van der Waals surface area (Å²) in [6.45, 7) is 0. The number of fused-ring (bicyclic) bond motifs is 1. The van der Waals surface area contributed by atoms with E-state index in [4.69, 9.17) is 11.6 Å². The zero-order chi connectivity index (χ0) is 14.3. The van der Waals surface area contributed by atoms with Crippen molar-refractivity contribution < 1.29 is 13.2 Å². The number of aryl methyl sites for hydroxylation is 1. The topological polar surface area (TPSA) is 12.0 Å². The Bertz CT molecular complexity index is 649. The Morgan fingerprint density at radius 3 is 2.60 bits per heavy atom. The molecule has 0 aliphatic heterocycles. The summed E-state index contributed by atoms with van der Waals surface area (Å²) in [5.74, 6) is -1.73. The normalized spacial score (nSPS) is 17.1. The zero-order valence-electron chi connectivity index (χ0n) is 10.4. The Balaban J connectivity index is 1.91. The maximum Gasteiger partial charge on any atom is 0.150 e. The molecule has 0 fully saturated rings. The van der Waals surface area contributed by atoms with Crippen LogP contribution in [0.4, 0.5) is 18.9 Å². The highest BCUT2D eigenvalue weighted by molar-refractivity contribution is 6.33. The van der Waals surface area contributed by atoms with E-state index in [2.05, 4.69) is 5.32 Å². The minimum Gasteiger partial charge on any atom is -0.375 e. The summed E-state index contributed by atoms with van der Waals surface area (Å²) in [7, 11) is 0. The monoisotopic (exact) mass is 297 g/mol. The zero-order valence-corrected chi connectivity index (χ0v) is 11.1. The van der Waals surface area contributed by atoms with Crippen molar-refractivity contribution in [2.45, 2.75) is 18.9 Å². The Hall–Kier alpha value is -1.68. The van der Waals surface area contributed by atoms with Gasteiger partial charge < -0.3 is 5.32 Å². The van der Waals surface area contributed by atoms with Crippen LogP contribution in [0.1, 0.15) is 23.6 Å². The van der Waals surface area contributed by atoms with Crippen LogP contribution in [0.25, 0.3) is 0 Å². The lowest BCUT2D eigenvalue weighted by atomic mass is 10.1. The van der Waals surface area contributed by atoms with Crippen LogP contribution in [0, 0.1) is 17.5 Å². The molecule has 2 aromatic carbocycles. The molecule has 0 radical (unpaired) electrons. The molecule has 1 unspecified atom stereocenters. The van der Waals surface area contributed by atoms with E-state index in [9.17, 15) is 13.2 Å². The van der Waals surface area contributed by atoms with Crippen LogP contribution < -0.4 is 5.32 Å². The Morgan fingerprint density at radius 1 is 1.05 bits per heavy atom. The molecule has 1 atom stereocenters. The van der Waals surface area contributed by atoms with Crippen LogP contribution in [0.3, 0.4) is 0 Å². The molecule has 0 amide bonds. The first-order chi connectivity index (χ1) is 9.54. The molecular formula is C15H11ClF3N. The minimum atomic E-state index is -0.731. The van der Waals surface area contributed by atoms with Gasteiger partial charge in [0.1, 0.15) is 11.6 Å². The van der Waals surface area contributed by atoms with Gasteiger partial charge in [-0.15, -0.1) is 0 Å². The molecule has 1 aliphatic carbocycles.